The Bertz CT molecular complexity index is 1660. The van der Waals surface area contributed by atoms with Crippen LogP contribution in [0, 0.1) is 0 Å². The van der Waals surface area contributed by atoms with Crippen LogP contribution in [0.3, 0.4) is 0 Å². The lowest BCUT2D eigenvalue weighted by Crippen LogP contribution is -2.48. The molecule has 0 unspecified atom stereocenters. The fourth-order valence-electron chi connectivity index (χ4n) is 4.82. The Labute approximate surface area is 238 Å². The number of H-pyrrole nitrogens is 1. The zero-order valence-corrected chi connectivity index (χ0v) is 24.2. The summed E-state index contributed by atoms with van der Waals surface area (Å²) in [5.74, 6) is 0.262. The van der Waals surface area contributed by atoms with Crippen LogP contribution in [0.5, 0.6) is 5.88 Å². The Kier molecular flexibility index (Phi) is 8.73. The molecule has 0 atom stereocenters. The van der Waals surface area contributed by atoms with Crippen LogP contribution in [-0.4, -0.2) is 93.8 Å². The molecule has 0 amide bonds. The van der Waals surface area contributed by atoms with Crippen LogP contribution >= 0.6 is 0 Å². The van der Waals surface area contributed by atoms with Gasteiger partial charge < -0.3 is 19.4 Å². The maximum absolute atomic E-state index is 13.6. The fourth-order valence-corrected chi connectivity index (χ4v) is 6.22. The first kappa shape index (κ1) is 28.8. The van der Waals surface area contributed by atoms with Gasteiger partial charge in [0.25, 0.3) is 5.56 Å². The molecule has 5 heterocycles. The molecular weight excluding hydrogens is 548 g/mol. The van der Waals surface area contributed by atoms with Gasteiger partial charge in [-0.25, -0.2) is 18.4 Å². The van der Waals surface area contributed by atoms with Crippen LogP contribution in [0.25, 0.3) is 22.4 Å². The number of nitrogens with one attached hydrogen (secondary N) is 1. The number of fused-ring (bicyclic) bond motifs is 1. The minimum Gasteiger partial charge on any atom is -0.471 e. The second-order valence-corrected chi connectivity index (χ2v) is 11.5. The first-order chi connectivity index (χ1) is 19.8. The SMILES string of the molecule is CCc1c2nc(-c3cc(S(=O)(=O)N4CCN(CC)CC4)cnc3OCc3ccccn3)[nH]c(=O)c2nn1CCOC. The Morgan fingerprint density at radius 3 is 2.56 bits per heavy atom. The minimum atomic E-state index is -3.85. The first-order valence-electron chi connectivity index (χ1n) is 13.6. The first-order valence-corrected chi connectivity index (χ1v) is 15.0. The van der Waals surface area contributed by atoms with Gasteiger partial charge in [-0.2, -0.15) is 9.40 Å². The van der Waals surface area contributed by atoms with E-state index in [-0.39, 0.29) is 34.3 Å². The maximum Gasteiger partial charge on any atom is 0.279 e. The lowest BCUT2D eigenvalue weighted by atomic mass is 10.2. The smallest absolute Gasteiger partial charge is 0.279 e. The molecule has 1 saturated heterocycles. The summed E-state index contributed by atoms with van der Waals surface area (Å²) in [6.45, 7) is 7.92. The molecule has 0 spiro atoms. The van der Waals surface area contributed by atoms with E-state index in [4.69, 9.17) is 14.5 Å². The summed E-state index contributed by atoms with van der Waals surface area (Å²) in [4.78, 5) is 31.6. The normalized spacial score (nSPS) is 15.0. The van der Waals surface area contributed by atoms with Crippen molar-refractivity contribution < 1.29 is 17.9 Å². The second-order valence-electron chi connectivity index (χ2n) is 9.60. The van der Waals surface area contributed by atoms with Gasteiger partial charge in [-0.15, -0.1) is 0 Å². The third-order valence-corrected chi connectivity index (χ3v) is 8.99. The molecule has 41 heavy (non-hydrogen) atoms. The van der Waals surface area contributed by atoms with Gasteiger partial charge in [-0.3, -0.25) is 14.5 Å². The number of nitrogens with zero attached hydrogens (tertiary/aromatic N) is 7. The van der Waals surface area contributed by atoms with E-state index in [9.17, 15) is 13.2 Å². The number of rotatable bonds is 11. The Morgan fingerprint density at radius 2 is 1.88 bits per heavy atom. The number of aromatic nitrogens is 6. The predicted octanol–water partition coefficient (Wildman–Crippen LogP) is 1.69. The van der Waals surface area contributed by atoms with Crippen molar-refractivity contribution in [1.29, 1.82) is 0 Å². The number of pyridine rings is 2. The zero-order chi connectivity index (χ0) is 29.0. The third kappa shape index (κ3) is 6.00. The van der Waals surface area contributed by atoms with Gasteiger partial charge in [-0.1, -0.05) is 19.9 Å². The third-order valence-electron chi connectivity index (χ3n) is 7.12. The van der Waals surface area contributed by atoms with Crippen molar-refractivity contribution in [3.8, 4) is 17.3 Å². The maximum atomic E-state index is 13.6. The molecular formula is C27H34N8O5S. The quantitative estimate of drug-likeness (QED) is 0.277. The van der Waals surface area contributed by atoms with Crippen LogP contribution in [0.1, 0.15) is 25.2 Å². The summed E-state index contributed by atoms with van der Waals surface area (Å²) in [6.07, 6.45) is 3.52. The van der Waals surface area contributed by atoms with Gasteiger partial charge in [0.1, 0.15) is 22.8 Å². The van der Waals surface area contributed by atoms with Gasteiger partial charge in [0.15, 0.2) is 5.52 Å². The van der Waals surface area contributed by atoms with E-state index in [2.05, 4.69) is 31.9 Å². The Hall–Kier alpha value is -3.72. The molecule has 1 aliphatic rings. The number of hydrogen-bond donors (Lipinski definition) is 1. The second kappa shape index (κ2) is 12.4. The lowest BCUT2D eigenvalue weighted by molar-refractivity contribution is 0.183. The zero-order valence-electron chi connectivity index (χ0n) is 23.4. The van der Waals surface area contributed by atoms with Crippen LogP contribution in [-0.2, 0) is 34.3 Å². The molecule has 0 saturated carbocycles. The standard InChI is InChI=1S/C27H34N8O5S/c1-4-22-23-24(32-35(22)14-15-39-3)26(36)31-25(30-23)21-16-20(41(37,38)34-12-10-33(5-2)11-13-34)17-29-27(21)40-18-19-8-6-7-9-28-19/h6-9,16-17H,4-5,10-15,18H2,1-3H3,(H,30,31,36). The Morgan fingerprint density at radius 1 is 1.07 bits per heavy atom. The van der Waals surface area contributed by atoms with E-state index in [1.165, 1.54) is 16.6 Å². The van der Waals surface area contributed by atoms with Crippen molar-refractivity contribution in [1.82, 2.24) is 38.9 Å². The van der Waals surface area contributed by atoms with Gasteiger partial charge in [0.05, 0.1) is 36.3 Å². The minimum absolute atomic E-state index is 0.00288. The molecule has 0 bridgehead atoms. The molecule has 4 aromatic rings. The molecule has 218 valence electrons. The van der Waals surface area contributed by atoms with Crippen LogP contribution in [0.2, 0.25) is 0 Å². The van der Waals surface area contributed by atoms with E-state index in [1.54, 1.807) is 24.1 Å². The molecule has 0 radical (unpaired) electrons. The van der Waals surface area contributed by atoms with Crippen LogP contribution in [0.15, 0.2) is 46.3 Å². The average molecular weight is 583 g/mol. The predicted molar refractivity (Wildman–Crippen MR) is 152 cm³/mol. The number of methoxy groups -OCH3 is 1. The number of sulfonamides is 1. The lowest BCUT2D eigenvalue weighted by Gasteiger charge is -2.33. The highest BCUT2D eigenvalue weighted by atomic mass is 32.2. The number of aromatic amines is 1. The monoisotopic (exact) mass is 582 g/mol. The van der Waals surface area contributed by atoms with E-state index in [0.29, 0.717) is 57.0 Å². The summed E-state index contributed by atoms with van der Waals surface area (Å²) in [6, 6.07) is 6.92. The molecule has 1 aliphatic heterocycles. The summed E-state index contributed by atoms with van der Waals surface area (Å²) < 4.78 is 41.6. The number of ether oxygens (including phenoxy) is 2. The van der Waals surface area contributed by atoms with Crippen molar-refractivity contribution in [2.24, 2.45) is 0 Å². The molecule has 14 heteroatoms. The molecule has 13 nitrogen and oxygen atoms in total. The molecule has 1 fully saturated rings. The van der Waals surface area contributed by atoms with Crippen LogP contribution in [0.4, 0.5) is 0 Å². The molecule has 5 rings (SSSR count). The summed E-state index contributed by atoms with van der Waals surface area (Å²) >= 11 is 0. The topological polar surface area (TPSA) is 148 Å². The van der Waals surface area contributed by atoms with Crippen LogP contribution < -0.4 is 10.3 Å². The average Bonchev–Trinajstić information content (AvgIpc) is 3.37. The molecule has 4 aromatic heterocycles. The highest BCUT2D eigenvalue weighted by molar-refractivity contribution is 7.89. The Balaban J connectivity index is 1.59. The molecule has 1 N–H and O–H groups in total. The largest absolute Gasteiger partial charge is 0.471 e. The van der Waals surface area contributed by atoms with Gasteiger partial charge >= 0.3 is 0 Å². The summed E-state index contributed by atoms with van der Waals surface area (Å²) in [5, 5.41) is 4.45. The highest BCUT2D eigenvalue weighted by Gasteiger charge is 2.30. The fraction of sp³-hybridized carbons (Fsp3) is 0.444. The summed E-state index contributed by atoms with van der Waals surface area (Å²) in [7, 11) is -2.25. The number of aryl methyl sites for hydroxylation is 1. The number of likely N-dealkylation sites (N-methyl/N-ethyl adjacent to an activating group) is 1. The van der Waals surface area contributed by atoms with E-state index < -0.39 is 15.6 Å². The van der Waals surface area contributed by atoms with Crippen molar-refractivity contribution in [3.05, 3.63) is 58.4 Å². The van der Waals surface area contributed by atoms with E-state index in [1.807, 2.05) is 19.1 Å². The van der Waals surface area contributed by atoms with E-state index >= 15 is 0 Å². The van der Waals surface area contributed by atoms with Crippen molar-refractivity contribution >= 4 is 21.1 Å². The number of piperazine rings is 1. The number of hydrogen-bond acceptors (Lipinski definition) is 10. The molecule has 0 aliphatic carbocycles. The van der Waals surface area contributed by atoms with Crippen molar-refractivity contribution in [3.63, 3.8) is 0 Å². The molecule has 0 aromatic carbocycles. The summed E-state index contributed by atoms with van der Waals surface area (Å²) in [5.41, 5.74) is 1.86. The highest BCUT2D eigenvalue weighted by Crippen LogP contribution is 2.31. The van der Waals surface area contributed by atoms with Gasteiger partial charge in [0, 0.05) is 39.5 Å². The van der Waals surface area contributed by atoms with Gasteiger partial charge in [-0.05, 0) is 31.2 Å². The van der Waals surface area contributed by atoms with Crippen molar-refractivity contribution in [2.45, 2.75) is 38.3 Å². The van der Waals surface area contributed by atoms with Gasteiger partial charge in [0.2, 0.25) is 15.9 Å². The van der Waals surface area contributed by atoms with E-state index in [0.717, 1.165) is 12.2 Å². The van der Waals surface area contributed by atoms with Crippen molar-refractivity contribution in [2.75, 3.05) is 46.4 Å².